The Hall–Kier alpha value is -5.71. The average Bonchev–Trinajstić information content (AvgIpc) is 3.30. The maximum atomic E-state index is 13.4. The van der Waals surface area contributed by atoms with Crippen LogP contribution in [0.5, 0.6) is 40.2 Å². The minimum absolute atomic E-state index is 0.333. The van der Waals surface area contributed by atoms with Crippen molar-refractivity contribution in [3.05, 3.63) is 49.2 Å². The van der Waals surface area contributed by atoms with Gasteiger partial charge in [0.2, 0.25) is 17.2 Å². The molecule has 0 spiro atoms. The van der Waals surface area contributed by atoms with Crippen molar-refractivity contribution < 1.29 is 63.9 Å². The molecule has 0 amide bonds. The summed E-state index contributed by atoms with van der Waals surface area (Å²) in [4.78, 5) is 39.5. The summed E-state index contributed by atoms with van der Waals surface area (Å²) in [5.74, 6) is -8.27. The number of phenols is 7. The Kier molecular flexibility index (Phi) is 5.13. The summed E-state index contributed by atoms with van der Waals surface area (Å²) in [6.45, 7) is -0.333. The molecule has 1 aliphatic heterocycles. The molecule has 0 radical (unpaired) electrons. The molecule has 3 aromatic heterocycles. The van der Waals surface area contributed by atoms with Gasteiger partial charge in [-0.2, -0.15) is 0 Å². The molecule has 7 rings (SSSR count). The van der Waals surface area contributed by atoms with E-state index in [1.165, 1.54) is 0 Å². The van der Waals surface area contributed by atoms with E-state index in [9.17, 15) is 60.3 Å². The average molecular weight is 596 g/mol. The molecular formula is C27H16O16. The van der Waals surface area contributed by atoms with E-state index in [-0.39, 0.29) is 12.0 Å². The highest BCUT2D eigenvalue weighted by molar-refractivity contribution is 6.27. The van der Waals surface area contributed by atoms with E-state index < -0.39 is 130 Å². The van der Waals surface area contributed by atoms with Crippen LogP contribution in [-0.4, -0.2) is 64.8 Å². The van der Waals surface area contributed by atoms with Gasteiger partial charge >= 0.3 is 16.9 Å². The lowest BCUT2D eigenvalue weighted by atomic mass is 9.90. The fourth-order valence-electron chi connectivity index (χ4n) is 5.57. The number of benzene rings is 3. The first-order chi connectivity index (χ1) is 20.3. The Morgan fingerprint density at radius 2 is 1.19 bits per heavy atom. The van der Waals surface area contributed by atoms with Gasteiger partial charge in [0.25, 0.3) is 0 Å². The third kappa shape index (κ3) is 3.21. The van der Waals surface area contributed by atoms with Crippen molar-refractivity contribution in [1.82, 2.24) is 0 Å². The summed E-state index contributed by atoms with van der Waals surface area (Å²) in [6, 6.07) is 1.73. The van der Waals surface area contributed by atoms with Gasteiger partial charge in [-0.15, -0.1) is 0 Å². The van der Waals surface area contributed by atoms with Gasteiger partial charge in [-0.3, -0.25) is 0 Å². The summed E-state index contributed by atoms with van der Waals surface area (Å²) in [5, 5.41) is 91.5. The fourth-order valence-corrected chi connectivity index (χ4v) is 5.57. The molecule has 1 saturated heterocycles. The van der Waals surface area contributed by atoms with Crippen LogP contribution in [0.3, 0.4) is 0 Å². The van der Waals surface area contributed by atoms with E-state index in [4.69, 9.17) is 18.0 Å². The second kappa shape index (κ2) is 8.41. The lowest BCUT2D eigenvalue weighted by molar-refractivity contribution is 0.0107. The number of aromatic hydroxyl groups is 7. The third-order valence-electron chi connectivity index (χ3n) is 7.54. The van der Waals surface area contributed by atoms with Crippen molar-refractivity contribution in [1.29, 1.82) is 0 Å². The SMILES string of the molecule is O=c1oc2c(O)c(O)c(-c3c(O)c(O)c(O)c4cc(C5OC[C@@H](O)[C@H]5O)oc(=O)c34)c3c(=O)oc4c(O)c(O)cc1c4c23. The molecule has 16 heteroatoms. The standard InChI is InChI=1S/C27H16O16/c28-6-1-5-9-13-14(27(39)43-23(9)16(6)31)12(19(34)21(36)24(13)42-25(5)37)11-10-4(15(30)20(35)18(11)33)2-8(41-26(10)38)22-17(32)7(29)3-40-22/h1-2,7,17,22,28-36H,3H2/t7-,17-,22?/m1/s1. The summed E-state index contributed by atoms with van der Waals surface area (Å²) in [6.07, 6.45) is -4.29. The Balaban J connectivity index is 1.70. The van der Waals surface area contributed by atoms with Crippen LogP contribution in [0.2, 0.25) is 0 Å². The van der Waals surface area contributed by atoms with Crippen molar-refractivity contribution in [2.45, 2.75) is 18.3 Å². The quantitative estimate of drug-likeness (QED) is 0.0765. The van der Waals surface area contributed by atoms with Gasteiger partial charge in [0.15, 0.2) is 34.2 Å². The summed E-state index contributed by atoms with van der Waals surface area (Å²) in [7, 11) is 0. The Morgan fingerprint density at radius 3 is 1.86 bits per heavy atom. The fraction of sp³-hybridized carbons (Fsp3) is 0.148. The zero-order valence-corrected chi connectivity index (χ0v) is 21.0. The Bertz CT molecular complexity index is 2380. The van der Waals surface area contributed by atoms with Crippen molar-refractivity contribution in [2.24, 2.45) is 0 Å². The van der Waals surface area contributed by atoms with Crippen LogP contribution in [0.1, 0.15) is 11.9 Å². The molecule has 9 N–H and O–H groups in total. The van der Waals surface area contributed by atoms with E-state index in [2.05, 4.69) is 0 Å². The molecule has 4 heterocycles. The topological polar surface area (TPSA) is 282 Å². The zero-order valence-electron chi connectivity index (χ0n) is 21.0. The molecule has 3 aromatic carbocycles. The number of ether oxygens (including phenoxy) is 1. The predicted molar refractivity (Wildman–Crippen MR) is 141 cm³/mol. The highest BCUT2D eigenvalue weighted by atomic mass is 16.5. The van der Waals surface area contributed by atoms with E-state index in [1.807, 2.05) is 0 Å². The van der Waals surface area contributed by atoms with Crippen LogP contribution in [-0.2, 0) is 4.74 Å². The monoisotopic (exact) mass is 596 g/mol. The maximum Gasteiger partial charge on any atom is 0.345 e. The second-order valence-corrected chi connectivity index (χ2v) is 9.88. The third-order valence-corrected chi connectivity index (χ3v) is 7.54. The lowest BCUT2D eigenvalue weighted by Gasteiger charge is -2.19. The number of aliphatic hydroxyl groups excluding tert-OH is 2. The van der Waals surface area contributed by atoms with Gasteiger partial charge in [-0.1, -0.05) is 0 Å². The van der Waals surface area contributed by atoms with Crippen molar-refractivity contribution >= 4 is 43.5 Å². The Morgan fingerprint density at radius 1 is 0.581 bits per heavy atom. The molecule has 1 aliphatic rings. The smallest absolute Gasteiger partial charge is 0.345 e. The summed E-state index contributed by atoms with van der Waals surface area (Å²) in [5.41, 5.74) is -7.14. The molecule has 43 heavy (non-hydrogen) atoms. The highest BCUT2D eigenvalue weighted by Crippen LogP contribution is 2.56. The van der Waals surface area contributed by atoms with Crippen LogP contribution >= 0.6 is 0 Å². The van der Waals surface area contributed by atoms with Gasteiger partial charge in [0.05, 0.1) is 22.8 Å². The number of fused-ring (bicyclic) bond motifs is 1. The molecule has 6 aromatic rings. The van der Waals surface area contributed by atoms with E-state index in [0.29, 0.717) is 0 Å². The minimum atomic E-state index is -1.55. The molecule has 0 saturated carbocycles. The van der Waals surface area contributed by atoms with Crippen molar-refractivity contribution in [2.75, 3.05) is 6.61 Å². The number of rotatable bonds is 2. The number of hydrogen-bond donors (Lipinski definition) is 9. The minimum Gasteiger partial charge on any atom is -0.504 e. The molecule has 0 aliphatic carbocycles. The number of phenolic OH excluding ortho intramolecular Hbond substituents is 7. The number of aliphatic hydroxyl groups is 2. The van der Waals surface area contributed by atoms with Crippen LogP contribution in [0.15, 0.2) is 39.8 Å². The van der Waals surface area contributed by atoms with Gasteiger partial charge in [0.1, 0.15) is 24.1 Å². The first kappa shape index (κ1) is 26.2. The predicted octanol–water partition coefficient (Wildman–Crippen LogP) is 0.996. The second-order valence-electron chi connectivity index (χ2n) is 9.88. The van der Waals surface area contributed by atoms with Gasteiger partial charge < -0.3 is 63.9 Å². The van der Waals surface area contributed by atoms with Crippen LogP contribution in [0.4, 0.5) is 0 Å². The van der Waals surface area contributed by atoms with Crippen LogP contribution in [0, 0.1) is 0 Å². The molecule has 1 unspecified atom stereocenters. The van der Waals surface area contributed by atoms with Gasteiger partial charge in [-0.05, 0) is 12.1 Å². The first-order valence-electron chi connectivity index (χ1n) is 12.2. The normalized spacial score (nSPS) is 19.0. The van der Waals surface area contributed by atoms with Gasteiger partial charge in [0, 0.05) is 27.3 Å². The highest BCUT2D eigenvalue weighted by Gasteiger charge is 2.39. The first-order valence-corrected chi connectivity index (χ1v) is 12.2. The largest absolute Gasteiger partial charge is 0.504 e. The molecular weight excluding hydrogens is 580 g/mol. The molecule has 16 nitrogen and oxygen atoms in total. The zero-order chi connectivity index (χ0) is 30.8. The summed E-state index contributed by atoms with van der Waals surface area (Å²) >= 11 is 0. The molecule has 1 fully saturated rings. The summed E-state index contributed by atoms with van der Waals surface area (Å²) < 4.78 is 20.8. The van der Waals surface area contributed by atoms with Crippen LogP contribution in [0.25, 0.3) is 54.6 Å². The molecule has 220 valence electrons. The molecule has 0 bridgehead atoms. The maximum absolute atomic E-state index is 13.4. The van der Waals surface area contributed by atoms with Gasteiger partial charge in [-0.25, -0.2) is 14.4 Å². The van der Waals surface area contributed by atoms with Crippen LogP contribution < -0.4 is 16.9 Å². The van der Waals surface area contributed by atoms with E-state index >= 15 is 0 Å². The number of hydrogen-bond acceptors (Lipinski definition) is 16. The Labute approximate surface area is 233 Å². The lowest BCUT2D eigenvalue weighted by Crippen LogP contribution is -2.25. The van der Waals surface area contributed by atoms with E-state index in [1.54, 1.807) is 0 Å². The molecule has 3 atom stereocenters. The van der Waals surface area contributed by atoms with Crippen molar-refractivity contribution in [3.63, 3.8) is 0 Å². The van der Waals surface area contributed by atoms with E-state index in [0.717, 1.165) is 12.1 Å². The van der Waals surface area contributed by atoms with Crippen molar-refractivity contribution in [3.8, 4) is 51.4 Å².